The van der Waals surface area contributed by atoms with Crippen LogP contribution in [-0.4, -0.2) is 62.2 Å². The fourth-order valence-electron chi connectivity index (χ4n) is 3.70. The van der Waals surface area contributed by atoms with E-state index in [1.54, 1.807) is 17.9 Å². The van der Waals surface area contributed by atoms with Gasteiger partial charge in [-0.1, -0.05) is 5.16 Å². The van der Waals surface area contributed by atoms with Gasteiger partial charge < -0.3 is 18.9 Å². The lowest BCUT2D eigenvalue weighted by atomic mass is 9.96. The summed E-state index contributed by atoms with van der Waals surface area (Å²) in [5.74, 6) is 2.24. The van der Waals surface area contributed by atoms with Crippen molar-refractivity contribution in [2.45, 2.75) is 43.4 Å². The Morgan fingerprint density at radius 2 is 1.94 bits per heavy atom. The van der Waals surface area contributed by atoms with Crippen LogP contribution in [0.15, 0.2) is 27.6 Å². The van der Waals surface area contributed by atoms with E-state index in [-0.39, 0.29) is 29.7 Å². The molecule has 0 unspecified atom stereocenters. The molecule has 0 aliphatic carbocycles. The second-order valence-electron chi connectivity index (χ2n) is 7.64. The molecule has 4 rings (SSSR count). The van der Waals surface area contributed by atoms with Crippen molar-refractivity contribution in [1.29, 1.82) is 0 Å². The molecular formula is C20H26N4O6S. The molecule has 11 heteroatoms. The van der Waals surface area contributed by atoms with Crippen molar-refractivity contribution in [1.82, 2.24) is 19.8 Å². The second kappa shape index (κ2) is 9.23. The zero-order chi connectivity index (χ0) is 21.8. The number of aromatic nitrogens is 2. The average Bonchev–Trinajstić information content (AvgIpc) is 3.06. The third-order valence-corrected chi connectivity index (χ3v) is 6.86. The first-order chi connectivity index (χ1) is 14.9. The summed E-state index contributed by atoms with van der Waals surface area (Å²) in [6.45, 7) is 3.98. The molecule has 0 bridgehead atoms. The number of benzene rings is 1. The second-order valence-corrected chi connectivity index (χ2v) is 9.41. The molecule has 1 amide bonds. The molecule has 1 aromatic heterocycles. The lowest BCUT2D eigenvalue weighted by Gasteiger charge is -2.30. The molecule has 0 spiro atoms. The summed E-state index contributed by atoms with van der Waals surface area (Å²) in [6.07, 6.45) is 2.32. The SMILES string of the molecule is Cc1noc(C2CCN(C(=O)CCNS(=O)(=O)c3ccc4c(c3)OCCCO4)CC2)n1. The van der Waals surface area contributed by atoms with Crippen molar-refractivity contribution in [3.63, 3.8) is 0 Å². The van der Waals surface area contributed by atoms with Crippen LogP contribution in [0.25, 0.3) is 0 Å². The summed E-state index contributed by atoms with van der Waals surface area (Å²) in [6, 6.07) is 4.52. The van der Waals surface area contributed by atoms with Crippen molar-refractivity contribution < 1.29 is 27.2 Å². The molecule has 2 aromatic rings. The summed E-state index contributed by atoms with van der Waals surface area (Å²) >= 11 is 0. The first kappa shape index (κ1) is 21.6. The number of likely N-dealkylation sites (tertiary alicyclic amines) is 1. The first-order valence-corrected chi connectivity index (χ1v) is 11.9. The molecule has 3 heterocycles. The molecule has 0 atom stereocenters. The van der Waals surface area contributed by atoms with Gasteiger partial charge in [0.2, 0.25) is 21.8 Å². The third-order valence-electron chi connectivity index (χ3n) is 5.40. The van der Waals surface area contributed by atoms with Crippen LogP contribution in [0.4, 0.5) is 0 Å². The summed E-state index contributed by atoms with van der Waals surface area (Å²) in [4.78, 5) is 18.6. The topological polar surface area (TPSA) is 124 Å². The number of rotatable bonds is 6. The van der Waals surface area contributed by atoms with Crippen LogP contribution < -0.4 is 14.2 Å². The lowest BCUT2D eigenvalue weighted by molar-refractivity contribution is -0.132. The van der Waals surface area contributed by atoms with E-state index in [9.17, 15) is 13.2 Å². The van der Waals surface area contributed by atoms with E-state index >= 15 is 0 Å². The van der Waals surface area contributed by atoms with E-state index in [0.29, 0.717) is 49.5 Å². The Hall–Kier alpha value is -2.66. The van der Waals surface area contributed by atoms with E-state index in [4.69, 9.17) is 14.0 Å². The maximum atomic E-state index is 12.6. The van der Waals surface area contributed by atoms with Crippen LogP contribution in [0.5, 0.6) is 11.5 Å². The number of hydrogen-bond donors (Lipinski definition) is 1. The van der Waals surface area contributed by atoms with Crippen molar-refractivity contribution in [3.05, 3.63) is 29.9 Å². The standard InChI is InChI=1S/C20H26N4O6S/c1-14-22-20(30-23-14)15-6-9-24(10-7-15)19(25)5-8-21-31(26,27)16-3-4-17-18(13-16)29-12-2-11-28-17/h3-4,13,15,21H,2,5-12H2,1H3. The van der Waals surface area contributed by atoms with Crippen molar-refractivity contribution in [2.24, 2.45) is 0 Å². The van der Waals surface area contributed by atoms with Crippen LogP contribution in [0.2, 0.25) is 0 Å². The fraction of sp³-hybridized carbons (Fsp3) is 0.550. The van der Waals surface area contributed by atoms with E-state index in [0.717, 1.165) is 19.3 Å². The maximum absolute atomic E-state index is 12.6. The number of nitrogens with one attached hydrogen (secondary N) is 1. The molecule has 2 aliphatic heterocycles. The molecule has 1 fully saturated rings. The predicted octanol–water partition coefficient (Wildman–Crippen LogP) is 1.61. The van der Waals surface area contributed by atoms with Gasteiger partial charge in [-0.2, -0.15) is 4.98 Å². The Morgan fingerprint density at radius 1 is 1.19 bits per heavy atom. The van der Waals surface area contributed by atoms with Crippen LogP contribution >= 0.6 is 0 Å². The van der Waals surface area contributed by atoms with E-state index in [1.165, 1.54) is 12.1 Å². The minimum Gasteiger partial charge on any atom is -0.490 e. The van der Waals surface area contributed by atoms with Gasteiger partial charge >= 0.3 is 0 Å². The third kappa shape index (κ3) is 5.16. The van der Waals surface area contributed by atoms with Crippen LogP contribution in [0, 0.1) is 6.92 Å². The zero-order valence-corrected chi connectivity index (χ0v) is 18.2. The van der Waals surface area contributed by atoms with Gasteiger partial charge in [0.25, 0.3) is 0 Å². The number of amides is 1. The van der Waals surface area contributed by atoms with Crippen molar-refractivity contribution in [2.75, 3.05) is 32.8 Å². The van der Waals surface area contributed by atoms with Gasteiger partial charge in [0, 0.05) is 44.5 Å². The molecule has 1 saturated heterocycles. The van der Waals surface area contributed by atoms with Gasteiger partial charge in [-0.15, -0.1) is 0 Å². The molecule has 0 radical (unpaired) electrons. The number of piperidine rings is 1. The lowest BCUT2D eigenvalue weighted by Crippen LogP contribution is -2.39. The van der Waals surface area contributed by atoms with E-state index in [2.05, 4.69) is 14.9 Å². The quantitative estimate of drug-likeness (QED) is 0.704. The highest BCUT2D eigenvalue weighted by Crippen LogP contribution is 2.32. The number of hydrogen-bond acceptors (Lipinski definition) is 8. The number of sulfonamides is 1. The van der Waals surface area contributed by atoms with Gasteiger partial charge in [-0.25, -0.2) is 13.1 Å². The Labute approximate surface area is 181 Å². The van der Waals surface area contributed by atoms with Crippen molar-refractivity contribution in [3.8, 4) is 11.5 Å². The maximum Gasteiger partial charge on any atom is 0.240 e. The molecule has 1 N–H and O–H groups in total. The molecule has 1 aromatic carbocycles. The monoisotopic (exact) mass is 450 g/mol. The minimum absolute atomic E-state index is 0.0262. The number of ether oxygens (including phenoxy) is 2. The van der Waals surface area contributed by atoms with Gasteiger partial charge in [0.15, 0.2) is 17.3 Å². The van der Waals surface area contributed by atoms with Gasteiger partial charge in [0.1, 0.15) is 0 Å². The highest BCUT2D eigenvalue weighted by molar-refractivity contribution is 7.89. The van der Waals surface area contributed by atoms with E-state index < -0.39 is 10.0 Å². The van der Waals surface area contributed by atoms with Crippen LogP contribution in [-0.2, 0) is 14.8 Å². The first-order valence-electron chi connectivity index (χ1n) is 10.4. The highest BCUT2D eigenvalue weighted by atomic mass is 32.2. The molecule has 168 valence electrons. The minimum atomic E-state index is -3.76. The number of aryl methyl sites for hydroxylation is 1. The number of carbonyl (C=O) groups excluding carboxylic acids is 1. The van der Waals surface area contributed by atoms with Gasteiger partial charge in [-0.05, 0) is 31.9 Å². The smallest absolute Gasteiger partial charge is 0.240 e. The normalized spacial score (nSPS) is 17.4. The summed E-state index contributed by atoms with van der Waals surface area (Å²) < 4.78 is 44.0. The average molecular weight is 451 g/mol. The van der Waals surface area contributed by atoms with E-state index in [1.807, 2.05) is 0 Å². The van der Waals surface area contributed by atoms with Crippen LogP contribution in [0.1, 0.15) is 43.3 Å². The largest absolute Gasteiger partial charge is 0.490 e. The summed E-state index contributed by atoms with van der Waals surface area (Å²) in [5, 5.41) is 3.82. The fourth-order valence-corrected chi connectivity index (χ4v) is 4.75. The molecular weight excluding hydrogens is 424 g/mol. The molecule has 10 nitrogen and oxygen atoms in total. The molecule has 31 heavy (non-hydrogen) atoms. The Kier molecular flexibility index (Phi) is 6.42. The highest BCUT2D eigenvalue weighted by Gasteiger charge is 2.27. The van der Waals surface area contributed by atoms with Gasteiger partial charge in [-0.3, -0.25) is 4.79 Å². The number of carbonyl (C=O) groups is 1. The predicted molar refractivity (Wildman–Crippen MR) is 109 cm³/mol. The molecule has 2 aliphatic rings. The Morgan fingerprint density at radius 3 is 2.65 bits per heavy atom. The Balaban J connectivity index is 1.27. The zero-order valence-electron chi connectivity index (χ0n) is 17.4. The molecule has 0 saturated carbocycles. The summed E-state index contributed by atoms with van der Waals surface area (Å²) in [7, 11) is -3.76. The summed E-state index contributed by atoms with van der Waals surface area (Å²) in [5.41, 5.74) is 0. The van der Waals surface area contributed by atoms with Crippen LogP contribution in [0.3, 0.4) is 0 Å². The van der Waals surface area contributed by atoms with Crippen molar-refractivity contribution >= 4 is 15.9 Å². The number of fused-ring (bicyclic) bond motifs is 1. The number of nitrogens with zero attached hydrogens (tertiary/aromatic N) is 3. The van der Waals surface area contributed by atoms with Gasteiger partial charge in [0.05, 0.1) is 18.1 Å². The Bertz CT molecular complexity index is 1030.